The standard InChI is InChI=1S/C17H22O9S/c1-10-4-6-11(7-5-10)27(20,21)26-14-12(8-22-9-13(18)19)23-16-15(14)24-17(2,3)25-16/h4-7,12,14-16H,8-9H2,1-3H3,(H,18,19)/t12-,14-,15+,16-/m0/s1. The molecule has 1 aromatic carbocycles. The van der Waals surface area contributed by atoms with Crippen LogP contribution in [0.4, 0.5) is 0 Å². The van der Waals surface area contributed by atoms with E-state index in [9.17, 15) is 13.2 Å². The first kappa shape index (κ1) is 20.2. The van der Waals surface area contributed by atoms with Crippen LogP contribution in [0, 0.1) is 6.92 Å². The first-order valence-electron chi connectivity index (χ1n) is 8.38. The van der Waals surface area contributed by atoms with E-state index in [0.29, 0.717) is 0 Å². The molecule has 0 bridgehead atoms. The molecule has 0 spiro atoms. The average Bonchev–Trinajstić information content (AvgIpc) is 3.00. The molecule has 0 aromatic heterocycles. The normalized spacial score (nSPS) is 29.6. The lowest BCUT2D eigenvalue weighted by Crippen LogP contribution is -2.40. The number of carbonyl (C=O) groups is 1. The number of aliphatic carboxylic acids is 1. The lowest BCUT2D eigenvalue weighted by Gasteiger charge is -2.25. The van der Waals surface area contributed by atoms with Crippen LogP contribution in [0.2, 0.25) is 0 Å². The van der Waals surface area contributed by atoms with E-state index in [1.165, 1.54) is 12.1 Å². The van der Waals surface area contributed by atoms with Crippen molar-refractivity contribution in [1.82, 2.24) is 0 Å². The molecule has 2 heterocycles. The Labute approximate surface area is 157 Å². The van der Waals surface area contributed by atoms with Gasteiger partial charge in [0.15, 0.2) is 12.1 Å². The molecule has 0 amide bonds. The van der Waals surface area contributed by atoms with Gasteiger partial charge in [0.25, 0.3) is 10.1 Å². The van der Waals surface area contributed by atoms with Gasteiger partial charge in [-0.15, -0.1) is 0 Å². The van der Waals surface area contributed by atoms with Gasteiger partial charge in [-0.3, -0.25) is 4.18 Å². The van der Waals surface area contributed by atoms with Crippen molar-refractivity contribution in [3.05, 3.63) is 29.8 Å². The minimum atomic E-state index is -4.10. The predicted octanol–water partition coefficient (Wildman–Crippen LogP) is 1.05. The fourth-order valence-corrected chi connectivity index (χ4v) is 4.07. The fraction of sp³-hybridized carbons (Fsp3) is 0.588. The van der Waals surface area contributed by atoms with Crippen LogP contribution < -0.4 is 0 Å². The Morgan fingerprint density at radius 2 is 1.89 bits per heavy atom. The van der Waals surface area contributed by atoms with Crippen LogP contribution in [0.1, 0.15) is 19.4 Å². The molecule has 9 nitrogen and oxygen atoms in total. The summed E-state index contributed by atoms with van der Waals surface area (Å²) < 4.78 is 52.8. The van der Waals surface area contributed by atoms with E-state index in [4.69, 9.17) is 28.2 Å². The molecule has 2 aliphatic heterocycles. The number of carboxylic acid groups (broad SMARTS) is 1. The number of hydrogen-bond acceptors (Lipinski definition) is 8. The van der Waals surface area contributed by atoms with Crippen molar-refractivity contribution in [2.75, 3.05) is 13.2 Å². The summed E-state index contributed by atoms with van der Waals surface area (Å²) in [6.07, 6.45) is -3.54. The minimum Gasteiger partial charge on any atom is -0.480 e. The average molecular weight is 402 g/mol. The molecule has 2 saturated heterocycles. The maximum absolute atomic E-state index is 12.7. The van der Waals surface area contributed by atoms with Gasteiger partial charge in [0.05, 0.1) is 11.5 Å². The van der Waals surface area contributed by atoms with Crippen LogP contribution in [0.15, 0.2) is 29.2 Å². The van der Waals surface area contributed by atoms with Crippen molar-refractivity contribution >= 4 is 16.1 Å². The number of rotatable bonds is 7. The van der Waals surface area contributed by atoms with Crippen LogP contribution in [0.5, 0.6) is 0 Å². The number of ether oxygens (including phenoxy) is 4. The van der Waals surface area contributed by atoms with Crippen LogP contribution in [-0.4, -0.2) is 63.1 Å². The van der Waals surface area contributed by atoms with Crippen LogP contribution in [0.3, 0.4) is 0 Å². The first-order chi connectivity index (χ1) is 12.6. The minimum absolute atomic E-state index is 0.0000650. The van der Waals surface area contributed by atoms with Crippen LogP contribution >= 0.6 is 0 Å². The van der Waals surface area contributed by atoms with Crippen molar-refractivity contribution < 1.29 is 41.4 Å². The van der Waals surface area contributed by atoms with Gasteiger partial charge >= 0.3 is 5.97 Å². The van der Waals surface area contributed by atoms with E-state index in [0.717, 1.165) is 5.56 Å². The van der Waals surface area contributed by atoms with Gasteiger partial charge < -0.3 is 24.1 Å². The van der Waals surface area contributed by atoms with Crippen molar-refractivity contribution in [3.8, 4) is 0 Å². The molecule has 0 saturated carbocycles. The third-order valence-electron chi connectivity index (χ3n) is 4.14. The summed E-state index contributed by atoms with van der Waals surface area (Å²) in [6, 6.07) is 6.22. The van der Waals surface area contributed by atoms with Gasteiger partial charge in [-0.05, 0) is 32.9 Å². The predicted molar refractivity (Wildman–Crippen MR) is 90.4 cm³/mol. The highest BCUT2D eigenvalue weighted by Crippen LogP contribution is 2.39. The molecule has 150 valence electrons. The Kier molecular flexibility index (Phi) is 5.57. The zero-order valence-electron chi connectivity index (χ0n) is 15.2. The van der Waals surface area contributed by atoms with Gasteiger partial charge in [-0.2, -0.15) is 8.42 Å². The van der Waals surface area contributed by atoms with E-state index in [1.54, 1.807) is 26.0 Å². The highest BCUT2D eigenvalue weighted by Gasteiger charge is 2.56. The lowest BCUT2D eigenvalue weighted by atomic mass is 10.1. The number of fused-ring (bicyclic) bond motifs is 1. The van der Waals surface area contributed by atoms with Crippen molar-refractivity contribution in [2.24, 2.45) is 0 Å². The third-order valence-corrected chi connectivity index (χ3v) is 5.47. The summed E-state index contributed by atoms with van der Waals surface area (Å²) in [7, 11) is -4.10. The van der Waals surface area contributed by atoms with Gasteiger partial charge in [0.1, 0.15) is 24.9 Å². The highest BCUT2D eigenvalue weighted by atomic mass is 32.2. The van der Waals surface area contributed by atoms with Gasteiger partial charge in [-0.1, -0.05) is 17.7 Å². The molecule has 2 aliphatic rings. The molecule has 1 N–H and O–H groups in total. The van der Waals surface area contributed by atoms with Crippen LogP contribution in [0.25, 0.3) is 0 Å². The van der Waals surface area contributed by atoms with E-state index < -0.39 is 53.1 Å². The largest absolute Gasteiger partial charge is 0.480 e. The van der Waals surface area contributed by atoms with E-state index >= 15 is 0 Å². The molecule has 0 radical (unpaired) electrons. The maximum Gasteiger partial charge on any atom is 0.329 e. The molecule has 10 heteroatoms. The van der Waals surface area contributed by atoms with Crippen LogP contribution in [-0.2, 0) is 38.0 Å². The Morgan fingerprint density at radius 1 is 1.22 bits per heavy atom. The Morgan fingerprint density at radius 3 is 2.52 bits per heavy atom. The molecule has 27 heavy (non-hydrogen) atoms. The topological polar surface area (TPSA) is 118 Å². The quantitative estimate of drug-likeness (QED) is 0.668. The molecule has 0 aliphatic carbocycles. The molecule has 4 atom stereocenters. The van der Waals surface area contributed by atoms with Crippen molar-refractivity contribution in [1.29, 1.82) is 0 Å². The highest BCUT2D eigenvalue weighted by molar-refractivity contribution is 7.86. The molecule has 2 fully saturated rings. The summed E-state index contributed by atoms with van der Waals surface area (Å²) in [5.74, 6) is -2.11. The SMILES string of the molecule is Cc1ccc(S(=O)(=O)O[C@@H]2[C@H]3OC(C)(C)O[C@@H]3O[C@H]2COCC(=O)O)cc1. The third kappa shape index (κ3) is 4.65. The summed E-state index contributed by atoms with van der Waals surface area (Å²) in [4.78, 5) is 10.6. The second-order valence-corrected chi connectivity index (χ2v) is 8.45. The summed E-state index contributed by atoms with van der Waals surface area (Å²) in [5.41, 5.74) is 0.910. The number of aryl methyl sites for hydroxylation is 1. The number of hydrogen-bond donors (Lipinski definition) is 1. The van der Waals surface area contributed by atoms with Crippen molar-refractivity contribution in [2.45, 2.75) is 56.1 Å². The summed E-state index contributed by atoms with van der Waals surface area (Å²) in [6.45, 7) is 4.47. The lowest BCUT2D eigenvalue weighted by molar-refractivity contribution is -0.218. The van der Waals surface area contributed by atoms with E-state index in [-0.39, 0.29) is 11.5 Å². The van der Waals surface area contributed by atoms with Crippen molar-refractivity contribution in [3.63, 3.8) is 0 Å². The summed E-state index contributed by atoms with van der Waals surface area (Å²) in [5, 5.41) is 8.70. The zero-order chi connectivity index (χ0) is 19.8. The van der Waals surface area contributed by atoms with Gasteiger partial charge in [0, 0.05) is 0 Å². The molecular formula is C17H22O9S. The Hall–Kier alpha value is -1.56. The van der Waals surface area contributed by atoms with E-state index in [2.05, 4.69) is 0 Å². The maximum atomic E-state index is 12.7. The van der Waals surface area contributed by atoms with Gasteiger partial charge in [-0.25, -0.2) is 4.79 Å². The fourth-order valence-electron chi connectivity index (χ4n) is 2.97. The Bertz CT molecular complexity index is 787. The summed E-state index contributed by atoms with van der Waals surface area (Å²) >= 11 is 0. The molecule has 0 unspecified atom stereocenters. The first-order valence-corrected chi connectivity index (χ1v) is 9.79. The molecule has 1 aromatic rings. The van der Waals surface area contributed by atoms with E-state index in [1.807, 2.05) is 6.92 Å². The monoisotopic (exact) mass is 402 g/mol. The second kappa shape index (κ2) is 7.46. The Balaban J connectivity index is 1.78. The number of carboxylic acids is 1. The number of benzene rings is 1. The molecular weight excluding hydrogens is 380 g/mol. The van der Waals surface area contributed by atoms with Gasteiger partial charge in [0.2, 0.25) is 0 Å². The second-order valence-electron chi connectivity index (χ2n) is 6.88. The molecule has 3 rings (SSSR count). The smallest absolute Gasteiger partial charge is 0.329 e. The zero-order valence-corrected chi connectivity index (χ0v) is 16.0.